The molecule has 14 heavy (non-hydrogen) atoms. The number of hydrogen-bond acceptors (Lipinski definition) is 2. The van der Waals surface area contributed by atoms with Crippen LogP contribution in [0.4, 0.5) is 0 Å². The Labute approximate surface area is 87.2 Å². The molecule has 1 aromatic rings. The van der Waals surface area contributed by atoms with Crippen molar-refractivity contribution >= 4 is 23.7 Å². The monoisotopic (exact) mass is 210 g/mol. The fraction of sp³-hybridized carbons (Fsp3) is 0.200. The summed E-state index contributed by atoms with van der Waals surface area (Å²) in [5.74, 6) is -1.08. The normalized spacial score (nSPS) is 9.86. The van der Waals surface area contributed by atoms with Crippen LogP contribution < -0.4 is 0 Å². The van der Waals surface area contributed by atoms with Crippen LogP contribution in [0.3, 0.4) is 0 Å². The molecule has 0 radical (unpaired) electrons. The van der Waals surface area contributed by atoms with Crippen molar-refractivity contribution in [2.24, 2.45) is 0 Å². The molecule has 0 spiro atoms. The van der Waals surface area contributed by atoms with Crippen LogP contribution in [0.1, 0.15) is 33.2 Å². The molecule has 0 aliphatic rings. The highest BCUT2D eigenvalue weighted by atomic mass is 32.1. The van der Waals surface area contributed by atoms with Crippen molar-refractivity contribution in [1.82, 2.24) is 0 Å². The molecule has 0 aliphatic carbocycles. The van der Waals surface area contributed by atoms with Crippen molar-refractivity contribution in [3.63, 3.8) is 0 Å². The first kappa shape index (κ1) is 10.8. The van der Waals surface area contributed by atoms with Crippen LogP contribution in [0.15, 0.2) is 18.2 Å². The van der Waals surface area contributed by atoms with Gasteiger partial charge in [0.15, 0.2) is 0 Å². The molecule has 0 saturated heterocycles. The lowest BCUT2D eigenvalue weighted by Crippen LogP contribution is -2.08. The Morgan fingerprint density at radius 2 is 2.07 bits per heavy atom. The van der Waals surface area contributed by atoms with Crippen molar-refractivity contribution in [2.75, 3.05) is 0 Å². The van der Waals surface area contributed by atoms with Crippen LogP contribution in [0.25, 0.3) is 0 Å². The largest absolute Gasteiger partial charge is 0.478 e. The molecule has 74 valence electrons. The molecule has 0 heterocycles. The predicted molar refractivity (Wildman–Crippen MR) is 56.1 cm³/mol. The highest BCUT2D eigenvalue weighted by molar-refractivity contribution is 7.97. The highest BCUT2D eigenvalue weighted by Crippen LogP contribution is 2.17. The number of rotatable bonds is 3. The van der Waals surface area contributed by atoms with Crippen LogP contribution >= 0.6 is 12.6 Å². The van der Waals surface area contributed by atoms with Gasteiger partial charge in [-0.15, -0.1) is 12.6 Å². The van der Waals surface area contributed by atoms with E-state index < -0.39 is 11.1 Å². The molecule has 0 amide bonds. The molecular weight excluding hydrogens is 200 g/mol. The number of carbonyl (C=O) groups is 2. The van der Waals surface area contributed by atoms with Crippen molar-refractivity contribution < 1.29 is 14.7 Å². The summed E-state index contributed by atoms with van der Waals surface area (Å²) in [6, 6.07) is 4.83. The lowest BCUT2D eigenvalue weighted by molar-refractivity contribution is 0.0692. The third kappa shape index (κ3) is 1.96. The lowest BCUT2D eigenvalue weighted by atomic mass is 10.00. The topological polar surface area (TPSA) is 54.4 Å². The molecule has 4 heteroatoms. The first-order valence-corrected chi connectivity index (χ1v) is 4.61. The number of aryl methyl sites for hydroxylation is 1. The molecule has 0 unspecified atom stereocenters. The van der Waals surface area contributed by atoms with Gasteiger partial charge in [0, 0.05) is 5.56 Å². The molecule has 3 nitrogen and oxygen atoms in total. The van der Waals surface area contributed by atoms with Crippen LogP contribution in [-0.2, 0) is 6.42 Å². The molecule has 0 aromatic heterocycles. The minimum Gasteiger partial charge on any atom is -0.478 e. The molecule has 1 rings (SSSR count). The Bertz CT molecular complexity index is 385. The number of carbonyl (C=O) groups excluding carboxylic acids is 1. The van der Waals surface area contributed by atoms with Crippen LogP contribution in [0.2, 0.25) is 0 Å². The first-order chi connectivity index (χ1) is 6.57. The zero-order valence-corrected chi connectivity index (χ0v) is 8.54. The Morgan fingerprint density at radius 1 is 1.43 bits per heavy atom. The van der Waals surface area contributed by atoms with E-state index in [2.05, 4.69) is 12.6 Å². The Balaban J connectivity index is 3.43. The van der Waals surface area contributed by atoms with Gasteiger partial charge in [-0.2, -0.15) is 0 Å². The van der Waals surface area contributed by atoms with Crippen molar-refractivity contribution in [1.29, 1.82) is 0 Å². The smallest absolute Gasteiger partial charge is 0.336 e. The summed E-state index contributed by atoms with van der Waals surface area (Å²) in [7, 11) is 0. The fourth-order valence-electron chi connectivity index (χ4n) is 1.33. The van der Waals surface area contributed by atoms with E-state index in [9.17, 15) is 9.59 Å². The van der Waals surface area contributed by atoms with Crippen LogP contribution in [0.5, 0.6) is 0 Å². The van der Waals surface area contributed by atoms with Crippen molar-refractivity contribution in [3.05, 3.63) is 34.9 Å². The molecule has 0 atom stereocenters. The van der Waals surface area contributed by atoms with Gasteiger partial charge >= 0.3 is 5.97 Å². The Morgan fingerprint density at radius 3 is 2.50 bits per heavy atom. The maximum atomic E-state index is 11.0. The molecule has 0 bridgehead atoms. The Hall–Kier alpha value is -1.29. The first-order valence-electron chi connectivity index (χ1n) is 4.16. The summed E-state index contributed by atoms with van der Waals surface area (Å²) in [5.41, 5.74) is 0.868. The van der Waals surface area contributed by atoms with E-state index in [4.69, 9.17) is 5.11 Å². The number of carboxylic acid groups (broad SMARTS) is 1. The fourth-order valence-corrected chi connectivity index (χ4v) is 1.51. The van der Waals surface area contributed by atoms with Crippen molar-refractivity contribution in [2.45, 2.75) is 13.3 Å². The van der Waals surface area contributed by atoms with Gasteiger partial charge in [-0.05, 0) is 18.1 Å². The van der Waals surface area contributed by atoms with Gasteiger partial charge in [0.2, 0.25) is 5.12 Å². The lowest BCUT2D eigenvalue weighted by Gasteiger charge is -2.06. The molecule has 0 aliphatic heterocycles. The van der Waals surface area contributed by atoms with E-state index in [0.29, 0.717) is 12.0 Å². The second kappa shape index (κ2) is 4.28. The zero-order chi connectivity index (χ0) is 10.7. The number of thiol groups is 1. The Kier molecular flexibility index (Phi) is 3.30. The highest BCUT2D eigenvalue weighted by Gasteiger charge is 2.16. The average Bonchev–Trinajstić information content (AvgIpc) is 2.16. The van der Waals surface area contributed by atoms with E-state index in [1.807, 2.05) is 6.92 Å². The summed E-state index contributed by atoms with van der Waals surface area (Å²) in [6.07, 6.45) is 0.580. The summed E-state index contributed by atoms with van der Waals surface area (Å²) in [4.78, 5) is 22.0. The van der Waals surface area contributed by atoms with Gasteiger partial charge in [0.1, 0.15) is 0 Å². The molecule has 0 fully saturated rings. The van der Waals surface area contributed by atoms with Gasteiger partial charge in [0.05, 0.1) is 5.56 Å². The third-order valence-electron chi connectivity index (χ3n) is 1.98. The number of hydrogen-bond donors (Lipinski definition) is 2. The second-order valence-corrected chi connectivity index (χ2v) is 3.21. The summed E-state index contributed by atoms with van der Waals surface area (Å²) >= 11 is 3.64. The van der Waals surface area contributed by atoms with E-state index in [1.54, 1.807) is 12.1 Å². The standard InChI is InChI=1S/C10H10O3S/c1-2-6-4-3-5-7(10(13)14)8(6)9(11)12/h3-5H,2H2,1H3,(H,11,12)(H,13,14). The minimum absolute atomic E-state index is 0.0648. The quantitative estimate of drug-likeness (QED) is 0.750. The van der Waals surface area contributed by atoms with Crippen LogP contribution in [0, 0.1) is 0 Å². The maximum Gasteiger partial charge on any atom is 0.336 e. The van der Waals surface area contributed by atoms with E-state index in [0.717, 1.165) is 0 Å². The van der Waals surface area contributed by atoms with Gasteiger partial charge in [0.25, 0.3) is 0 Å². The zero-order valence-electron chi connectivity index (χ0n) is 7.65. The van der Waals surface area contributed by atoms with Gasteiger partial charge in [-0.1, -0.05) is 19.1 Å². The van der Waals surface area contributed by atoms with Gasteiger partial charge < -0.3 is 5.11 Å². The van der Waals surface area contributed by atoms with Crippen molar-refractivity contribution in [3.8, 4) is 0 Å². The molecule has 1 N–H and O–H groups in total. The van der Waals surface area contributed by atoms with Gasteiger partial charge in [-0.3, -0.25) is 4.79 Å². The number of carboxylic acids is 1. The number of benzene rings is 1. The molecule has 0 saturated carbocycles. The predicted octanol–water partition coefficient (Wildman–Crippen LogP) is 2.02. The maximum absolute atomic E-state index is 11.0. The second-order valence-electron chi connectivity index (χ2n) is 2.80. The summed E-state index contributed by atoms with van der Waals surface area (Å²) < 4.78 is 0. The van der Waals surface area contributed by atoms with Gasteiger partial charge in [-0.25, -0.2) is 4.79 Å². The third-order valence-corrected chi connectivity index (χ3v) is 2.22. The molecular formula is C10H10O3S. The van der Waals surface area contributed by atoms with E-state index >= 15 is 0 Å². The van der Waals surface area contributed by atoms with E-state index in [-0.39, 0.29) is 11.1 Å². The van der Waals surface area contributed by atoms with E-state index in [1.165, 1.54) is 6.07 Å². The van der Waals surface area contributed by atoms with Crippen LogP contribution in [-0.4, -0.2) is 16.2 Å². The minimum atomic E-state index is -1.08. The molecule has 1 aromatic carbocycles. The summed E-state index contributed by atoms with van der Waals surface area (Å²) in [6.45, 7) is 1.84. The SMILES string of the molecule is CCc1cccc(C(=O)S)c1C(=O)O. The summed E-state index contributed by atoms with van der Waals surface area (Å²) in [5, 5.41) is 8.42. The average molecular weight is 210 g/mol. The number of aromatic carboxylic acids is 1.